The van der Waals surface area contributed by atoms with E-state index in [0.29, 0.717) is 25.9 Å². The monoisotopic (exact) mass is 338 g/mol. The van der Waals surface area contributed by atoms with Crippen molar-refractivity contribution in [2.75, 3.05) is 13.1 Å². The van der Waals surface area contributed by atoms with Gasteiger partial charge in [-0.2, -0.15) is 0 Å². The third-order valence-corrected chi connectivity index (χ3v) is 4.72. The number of halogens is 2. The van der Waals surface area contributed by atoms with Gasteiger partial charge in [-0.1, -0.05) is 0 Å². The number of piperidine rings is 1. The predicted molar refractivity (Wildman–Crippen MR) is 78.9 cm³/mol. The summed E-state index contributed by atoms with van der Waals surface area (Å²) in [6, 6.07) is 1.97. The van der Waals surface area contributed by atoms with E-state index in [1.807, 2.05) is 0 Å². The van der Waals surface area contributed by atoms with Crippen LogP contribution in [0.3, 0.4) is 0 Å². The fourth-order valence-electron chi connectivity index (χ4n) is 3.18. The molecule has 0 spiro atoms. The molecular formula is C16H16F2N2O4. The molecule has 1 saturated heterocycles. The number of nitro groups is 1. The number of nitrogens with zero attached hydrogens (tertiary/aromatic N) is 2. The van der Waals surface area contributed by atoms with Gasteiger partial charge in [0.2, 0.25) is 11.9 Å². The van der Waals surface area contributed by atoms with Crippen molar-refractivity contribution in [3.8, 4) is 0 Å². The van der Waals surface area contributed by atoms with E-state index in [0.717, 1.165) is 18.2 Å². The summed E-state index contributed by atoms with van der Waals surface area (Å²) in [6.07, 6.45) is 0.950. The van der Waals surface area contributed by atoms with Crippen molar-refractivity contribution in [3.05, 3.63) is 45.5 Å². The number of hydrogen-bond acceptors (Lipinski definition) is 4. The first kappa shape index (κ1) is 16.5. The van der Waals surface area contributed by atoms with Gasteiger partial charge in [0.05, 0.1) is 5.56 Å². The molecule has 1 amide bonds. The average molecular weight is 338 g/mol. The molecule has 2 aliphatic rings. The maximum absolute atomic E-state index is 13.7. The quantitative estimate of drug-likeness (QED) is 0.478. The van der Waals surface area contributed by atoms with Crippen molar-refractivity contribution in [3.63, 3.8) is 0 Å². The van der Waals surface area contributed by atoms with E-state index in [1.165, 1.54) is 4.90 Å². The minimum atomic E-state index is -0.793. The fraction of sp³-hybridized carbons (Fsp3) is 0.500. The van der Waals surface area contributed by atoms with Gasteiger partial charge in [-0.25, -0.2) is 8.78 Å². The zero-order valence-corrected chi connectivity index (χ0v) is 12.8. The number of carbonyl (C=O) groups excluding carboxylic acids is 2. The molecule has 0 radical (unpaired) electrons. The number of carbonyl (C=O) groups is 2. The third-order valence-electron chi connectivity index (χ3n) is 4.72. The number of amides is 1. The van der Waals surface area contributed by atoms with E-state index >= 15 is 0 Å². The van der Waals surface area contributed by atoms with Crippen LogP contribution in [0.5, 0.6) is 0 Å². The van der Waals surface area contributed by atoms with Gasteiger partial charge in [-0.15, -0.1) is 0 Å². The second kappa shape index (κ2) is 6.26. The minimum absolute atomic E-state index is 0.250. The molecule has 0 bridgehead atoms. The summed E-state index contributed by atoms with van der Waals surface area (Å²) in [4.78, 5) is 36.2. The summed E-state index contributed by atoms with van der Waals surface area (Å²) < 4.78 is 26.9. The standard InChI is InChI=1S/C16H16F2N2O4/c17-10-1-2-13(18)11(7-10)15(21)9-3-5-19(6-4-9)16(22)12-8-14(12)20(23)24/h1-2,7,9,12,14H,3-6,8H2/t12-,14-/m1/s1. The van der Waals surface area contributed by atoms with Gasteiger partial charge in [0.25, 0.3) is 0 Å². The molecule has 6 nitrogen and oxygen atoms in total. The van der Waals surface area contributed by atoms with Crippen LogP contribution in [0, 0.1) is 33.6 Å². The van der Waals surface area contributed by atoms with Crippen LogP contribution in [0.15, 0.2) is 18.2 Å². The Labute approximate surface area is 136 Å². The Bertz CT molecular complexity index is 701. The lowest BCUT2D eigenvalue weighted by atomic mass is 9.88. The molecule has 1 aliphatic carbocycles. The Balaban J connectivity index is 1.59. The summed E-state index contributed by atoms with van der Waals surface area (Å²) in [7, 11) is 0. The highest BCUT2D eigenvalue weighted by Gasteiger charge is 2.54. The lowest BCUT2D eigenvalue weighted by Gasteiger charge is -2.31. The number of ketones is 1. The minimum Gasteiger partial charge on any atom is -0.342 e. The zero-order chi connectivity index (χ0) is 17.4. The maximum atomic E-state index is 13.7. The van der Waals surface area contributed by atoms with Gasteiger partial charge in [-0.3, -0.25) is 19.7 Å². The lowest BCUT2D eigenvalue weighted by Crippen LogP contribution is -2.41. The van der Waals surface area contributed by atoms with Gasteiger partial charge >= 0.3 is 0 Å². The van der Waals surface area contributed by atoms with Gasteiger partial charge in [0.1, 0.15) is 17.6 Å². The van der Waals surface area contributed by atoms with Crippen LogP contribution in [0.1, 0.15) is 29.6 Å². The smallest absolute Gasteiger partial charge is 0.232 e. The number of rotatable bonds is 4. The Hall–Kier alpha value is -2.38. The number of Topliss-reactive ketones (excluding diaryl/α,β-unsaturated/α-hetero) is 1. The van der Waals surface area contributed by atoms with E-state index in [2.05, 4.69) is 0 Å². The molecule has 8 heteroatoms. The van der Waals surface area contributed by atoms with E-state index in [4.69, 9.17) is 0 Å². The molecule has 1 aromatic rings. The Morgan fingerprint density at radius 1 is 1.21 bits per heavy atom. The molecule has 3 rings (SSSR count). The first-order chi connectivity index (χ1) is 11.4. The largest absolute Gasteiger partial charge is 0.342 e. The van der Waals surface area contributed by atoms with Crippen LogP contribution in [0.25, 0.3) is 0 Å². The molecule has 1 aromatic carbocycles. The van der Waals surface area contributed by atoms with E-state index in [-0.39, 0.29) is 17.9 Å². The van der Waals surface area contributed by atoms with Crippen LogP contribution in [0.4, 0.5) is 8.78 Å². The molecule has 24 heavy (non-hydrogen) atoms. The highest BCUT2D eigenvalue weighted by molar-refractivity contribution is 5.98. The predicted octanol–water partition coefficient (Wildman–Crippen LogP) is 2.05. The van der Waals surface area contributed by atoms with Crippen LogP contribution in [-0.4, -0.2) is 40.6 Å². The van der Waals surface area contributed by atoms with E-state index in [9.17, 15) is 28.5 Å². The van der Waals surface area contributed by atoms with Gasteiger partial charge in [0.15, 0.2) is 5.78 Å². The summed E-state index contributed by atoms with van der Waals surface area (Å²) in [5.41, 5.74) is -0.268. The van der Waals surface area contributed by atoms with Crippen molar-refractivity contribution in [2.45, 2.75) is 25.3 Å². The van der Waals surface area contributed by atoms with Crippen LogP contribution < -0.4 is 0 Å². The third kappa shape index (κ3) is 3.13. The molecule has 2 fully saturated rings. The normalized spacial score (nSPS) is 23.8. The Kier molecular flexibility index (Phi) is 4.29. The first-order valence-corrected chi connectivity index (χ1v) is 7.80. The molecule has 1 heterocycles. The highest BCUT2D eigenvalue weighted by Crippen LogP contribution is 2.36. The van der Waals surface area contributed by atoms with Crippen molar-refractivity contribution in [1.82, 2.24) is 4.90 Å². The van der Waals surface area contributed by atoms with Gasteiger partial charge in [0, 0.05) is 30.4 Å². The summed E-state index contributed by atoms with van der Waals surface area (Å²) in [6.45, 7) is 0.597. The zero-order valence-electron chi connectivity index (χ0n) is 12.8. The summed E-state index contributed by atoms with van der Waals surface area (Å²) in [5.74, 6) is -3.18. The van der Waals surface area contributed by atoms with E-state index < -0.39 is 40.2 Å². The van der Waals surface area contributed by atoms with Crippen LogP contribution in [-0.2, 0) is 4.79 Å². The molecule has 1 aliphatic heterocycles. The second-order valence-electron chi connectivity index (χ2n) is 6.28. The van der Waals surface area contributed by atoms with Crippen LogP contribution >= 0.6 is 0 Å². The van der Waals surface area contributed by atoms with Crippen molar-refractivity contribution in [1.29, 1.82) is 0 Å². The first-order valence-electron chi connectivity index (χ1n) is 7.80. The number of likely N-dealkylation sites (tertiary alicyclic amines) is 1. The number of benzene rings is 1. The molecule has 0 unspecified atom stereocenters. The molecular weight excluding hydrogens is 322 g/mol. The average Bonchev–Trinajstić information content (AvgIpc) is 3.37. The molecule has 128 valence electrons. The fourth-order valence-corrected chi connectivity index (χ4v) is 3.18. The molecule has 0 aromatic heterocycles. The van der Waals surface area contributed by atoms with Crippen LogP contribution in [0.2, 0.25) is 0 Å². The summed E-state index contributed by atoms with van der Waals surface area (Å²) in [5, 5.41) is 10.6. The Morgan fingerprint density at radius 2 is 1.88 bits per heavy atom. The van der Waals surface area contributed by atoms with E-state index in [1.54, 1.807) is 0 Å². The second-order valence-corrected chi connectivity index (χ2v) is 6.28. The molecule has 0 N–H and O–H groups in total. The maximum Gasteiger partial charge on any atom is 0.232 e. The van der Waals surface area contributed by atoms with Crippen molar-refractivity contribution >= 4 is 11.7 Å². The highest BCUT2D eigenvalue weighted by atomic mass is 19.1. The van der Waals surface area contributed by atoms with Gasteiger partial charge in [-0.05, 0) is 31.0 Å². The topological polar surface area (TPSA) is 80.5 Å². The van der Waals surface area contributed by atoms with Gasteiger partial charge < -0.3 is 4.90 Å². The van der Waals surface area contributed by atoms with Crippen molar-refractivity contribution in [2.24, 2.45) is 11.8 Å². The lowest BCUT2D eigenvalue weighted by molar-refractivity contribution is -0.497. The Morgan fingerprint density at radius 3 is 2.46 bits per heavy atom. The van der Waals surface area contributed by atoms with Crippen molar-refractivity contribution < 1.29 is 23.3 Å². The number of hydrogen-bond donors (Lipinski definition) is 0. The molecule has 1 saturated carbocycles. The summed E-state index contributed by atoms with van der Waals surface area (Å²) >= 11 is 0. The SMILES string of the molecule is O=C(c1cc(F)ccc1F)C1CCN(C(=O)[C@@H]2C[C@H]2[N+](=O)[O-])CC1. The molecule has 2 atom stereocenters.